The van der Waals surface area contributed by atoms with Crippen molar-refractivity contribution in [1.82, 2.24) is 9.03 Å². The number of nitrogens with one attached hydrogen (secondary N) is 1. The Kier molecular flexibility index (Phi) is 5.13. The van der Waals surface area contributed by atoms with Crippen LogP contribution in [0.15, 0.2) is 24.3 Å². The molecule has 1 atom stereocenters. The highest BCUT2D eigenvalue weighted by Gasteiger charge is 2.21. The van der Waals surface area contributed by atoms with Gasteiger partial charge in [0.2, 0.25) is 0 Å². The molecular weight excluding hydrogens is 250 g/mol. The molecule has 0 saturated heterocycles. The quantitative estimate of drug-likeness (QED) is 0.770. The zero-order chi connectivity index (χ0) is 13.8. The van der Waals surface area contributed by atoms with Gasteiger partial charge in [0.15, 0.2) is 0 Å². The van der Waals surface area contributed by atoms with Crippen molar-refractivity contribution >= 4 is 15.9 Å². The van der Waals surface area contributed by atoms with E-state index in [9.17, 15) is 8.42 Å². The third kappa shape index (κ3) is 3.69. The molecule has 0 aliphatic rings. The van der Waals surface area contributed by atoms with Gasteiger partial charge in [0, 0.05) is 24.8 Å². The first kappa shape index (κ1) is 14.9. The topological polar surface area (TPSA) is 75.4 Å². The van der Waals surface area contributed by atoms with Crippen LogP contribution in [-0.4, -0.2) is 25.8 Å². The van der Waals surface area contributed by atoms with Crippen LogP contribution in [-0.2, 0) is 10.2 Å². The van der Waals surface area contributed by atoms with Gasteiger partial charge in [-0.25, -0.2) is 0 Å². The smallest absolute Gasteiger partial charge is 0.279 e. The molecule has 0 radical (unpaired) electrons. The van der Waals surface area contributed by atoms with Crippen LogP contribution in [0.1, 0.15) is 32.4 Å². The molecule has 0 amide bonds. The second-order valence-corrected chi connectivity index (χ2v) is 5.80. The van der Waals surface area contributed by atoms with Gasteiger partial charge in [-0.05, 0) is 24.6 Å². The largest absolute Gasteiger partial charge is 0.399 e. The first-order valence-corrected chi connectivity index (χ1v) is 7.47. The molecule has 0 aliphatic carbocycles. The summed E-state index contributed by atoms with van der Waals surface area (Å²) in [6.07, 6.45) is 0. The summed E-state index contributed by atoms with van der Waals surface area (Å²) in [5.41, 5.74) is 7.15. The van der Waals surface area contributed by atoms with Crippen molar-refractivity contribution in [2.45, 2.75) is 26.8 Å². The highest BCUT2D eigenvalue weighted by molar-refractivity contribution is 7.87. The lowest BCUT2D eigenvalue weighted by Gasteiger charge is -2.22. The number of nitrogen functional groups attached to an aromatic ring is 1. The van der Waals surface area contributed by atoms with Crippen molar-refractivity contribution < 1.29 is 8.42 Å². The molecule has 1 aromatic carbocycles. The van der Waals surface area contributed by atoms with E-state index in [1.54, 1.807) is 12.1 Å². The standard InChI is InChI=1S/C12H21N3O2S/c1-4-15(5-2)18(16,17)14-10(3)11-6-8-12(13)9-7-11/h6-10,14H,4-5,13H2,1-3H3. The lowest BCUT2D eigenvalue weighted by atomic mass is 10.1. The van der Waals surface area contributed by atoms with Gasteiger partial charge in [0.05, 0.1) is 0 Å². The number of anilines is 1. The molecule has 1 rings (SSSR count). The molecule has 3 N–H and O–H groups in total. The van der Waals surface area contributed by atoms with Crippen LogP contribution >= 0.6 is 0 Å². The first-order chi connectivity index (χ1) is 8.40. The van der Waals surface area contributed by atoms with E-state index in [0.717, 1.165) is 5.56 Å². The van der Waals surface area contributed by atoms with Gasteiger partial charge >= 0.3 is 0 Å². The Labute approximate surface area is 109 Å². The minimum absolute atomic E-state index is 0.281. The van der Waals surface area contributed by atoms with E-state index >= 15 is 0 Å². The zero-order valence-corrected chi connectivity index (χ0v) is 11.9. The SMILES string of the molecule is CCN(CC)S(=O)(=O)NC(C)c1ccc(N)cc1. The van der Waals surface area contributed by atoms with Gasteiger partial charge in [0.1, 0.15) is 0 Å². The van der Waals surface area contributed by atoms with E-state index < -0.39 is 10.2 Å². The second kappa shape index (κ2) is 6.17. The summed E-state index contributed by atoms with van der Waals surface area (Å²) in [5, 5.41) is 0. The third-order valence-electron chi connectivity index (χ3n) is 2.81. The van der Waals surface area contributed by atoms with E-state index in [2.05, 4.69) is 4.72 Å². The summed E-state index contributed by atoms with van der Waals surface area (Å²) < 4.78 is 28.1. The number of hydrogen-bond donors (Lipinski definition) is 2. The molecule has 6 heteroatoms. The Morgan fingerprint density at radius 2 is 1.72 bits per heavy atom. The number of nitrogens with two attached hydrogens (primary N) is 1. The van der Waals surface area contributed by atoms with Crippen LogP contribution in [0.4, 0.5) is 5.69 Å². The number of nitrogens with zero attached hydrogens (tertiary/aromatic N) is 1. The van der Waals surface area contributed by atoms with Gasteiger partial charge in [-0.2, -0.15) is 17.4 Å². The van der Waals surface area contributed by atoms with Crippen LogP contribution < -0.4 is 10.5 Å². The zero-order valence-electron chi connectivity index (χ0n) is 11.1. The fourth-order valence-corrected chi connectivity index (χ4v) is 3.13. The molecule has 0 heterocycles. The highest BCUT2D eigenvalue weighted by Crippen LogP contribution is 2.16. The van der Waals surface area contributed by atoms with Crippen molar-refractivity contribution in [2.24, 2.45) is 0 Å². The monoisotopic (exact) mass is 271 g/mol. The molecule has 1 unspecified atom stereocenters. The Balaban J connectivity index is 2.81. The summed E-state index contributed by atoms with van der Waals surface area (Å²) in [4.78, 5) is 0. The number of rotatable bonds is 6. The van der Waals surface area contributed by atoms with Crippen LogP contribution in [0.2, 0.25) is 0 Å². The van der Waals surface area contributed by atoms with Gasteiger partial charge in [0.25, 0.3) is 10.2 Å². The number of hydrogen-bond acceptors (Lipinski definition) is 3. The third-order valence-corrected chi connectivity index (χ3v) is 4.66. The van der Waals surface area contributed by atoms with E-state index in [4.69, 9.17) is 5.73 Å². The highest BCUT2D eigenvalue weighted by atomic mass is 32.2. The fourth-order valence-electron chi connectivity index (χ4n) is 1.71. The average Bonchev–Trinajstić information content (AvgIpc) is 2.30. The molecular formula is C12H21N3O2S. The summed E-state index contributed by atoms with van der Waals surface area (Å²) >= 11 is 0. The molecule has 0 aliphatic heterocycles. The Morgan fingerprint density at radius 3 is 2.17 bits per heavy atom. The van der Waals surface area contributed by atoms with Crippen LogP contribution in [0.3, 0.4) is 0 Å². The molecule has 0 saturated carbocycles. The Morgan fingerprint density at radius 1 is 1.22 bits per heavy atom. The van der Waals surface area contributed by atoms with E-state index in [1.165, 1.54) is 4.31 Å². The number of benzene rings is 1. The molecule has 0 spiro atoms. The summed E-state index contributed by atoms with van der Waals surface area (Å²) in [6, 6.07) is 6.89. The molecule has 1 aromatic rings. The normalized spacial score (nSPS) is 13.8. The lowest BCUT2D eigenvalue weighted by molar-refractivity contribution is 0.429. The van der Waals surface area contributed by atoms with Gasteiger partial charge in [-0.15, -0.1) is 0 Å². The maximum atomic E-state index is 12.0. The van der Waals surface area contributed by atoms with E-state index in [0.29, 0.717) is 18.8 Å². The second-order valence-electron chi connectivity index (χ2n) is 4.10. The van der Waals surface area contributed by atoms with Crippen molar-refractivity contribution in [2.75, 3.05) is 18.8 Å². The van der Waals surface area contributed by atoms with Crippen molar-refractivity contribution in [3.05, 3.63) is 29.8 Å². The fraction of sp³-hybridized carbons (Fsp3) is 0.500. The van der Waals surface area contributed by atoms with Crippen molar-refractivity contribution in [3.63, 3.8) is 0 Å². The van der Waals surface area contributed by atoms with Gasteiger partial charge < -0.3 is 5.73 Å². The van der Waals surface area contributed by atoms with Crippen LogP contribution in [0, 0.1) is 0 Å². The minimum atomic E-state index is -3.43. The first-order valence-electron chi connectivity index (χ1n) is 6.03. The van der Waals surface area contributed by atoms with Gasteiger partial charge in [-0.3, -0.25) is 0 Å². The molecule has 5 nitrogen and oxygen atoms in total. The summed E-state index contributed by atoms with van der Waals surface area (Å²) in [5.74, 6) is 0. The van der Waals surface area contributed by atoms with Crippen LogP contribution in [0.25, 0.3) is 0 Å². The van der Waals surface area contributed by atoms with E-state index in [-0.39, 0.29) is 6.04 Å². The molecule has 102 valence electrons. The minimum Gasteiger partial charge on any atom is -0.399 e. The van der Waals surface area contributed by atoms with Crippen molar-refractivity contribution in [3.8, 4) is 0 Å². The molecule has 18 heavy (non-hydrogen) atoms. The summed E-state index contributed by atoms with van der Waals surface area (Å²) in [7, 11) is -3.43. The Bertz CT molecular complexity index is 467. The maximum Gasteiger partial charge on any atom is 0.279 e. The van der Waals surface area contributed by atoms with Crippen LogP contribution in [0.5, 0.6) is 0 Å². The maximum absolute atomic E-state index is 12.0. The lowest BCUT2D eigenvalue weighted by Crippen LogP contribution is -2.41. The van der Waals surface area contributed by atoms with Gasteiger partial charge in [-0.1, -0.05) is 26.0 Å². The Hall–Kier alpha value is -1.11. The van der Waals surface area contributed by atoms with Crippen molar-refractivity contribution in [1.29, 1.82) is 0 Å². The molecule has 0 fully saturated rings. The predicted octanol–water partition coefficient (Wildman–Crippen LogP) is 1.51. The average molecular weight is 271 g/mol. The predicted molar refractivity (Wildman–Crippen MR) is 74.2 cm³/mol. The summed E-state index contributed by atoms with van der Waals surface area (Å²) in [6.45, 7) is 6.36. The molecule has 0 aromatic heterocycles. The molecule has 0 bridgehead atoms. The van der Waals surface area contributed by atoms with E-state index in [1.807, 2.05) is 32.9 Å².